The molecule has 6 rings (SSSR count). The minimum Gasteiger partial charge on any atom is -0.458 e. The summed E-state index contributed by atoms with van der Waals surface area (Å²) in [6.45, 7) is 1.71. The molecule has 2 saturated carbocycles. The predicted molar refractivity (Wildman–Crippen MR) is 105 cm³/mol. The number of aliphatic hydroxyl groups is 1. The number of carbonyl (C=O) groups is 2. The summed E-state index contributed by atoms with van der Waals surface area (Å²) in [6, 6.07) is 8.15. The lowest BCUT2D eigenvalue weighted by molar-refractivity contribution is -0.163. The van der Waals surface area contributed by atoms with Crippen LogP contribution in [0.4, 0.5) is 0 Å². The van der Waals surface area contributed by atoms with Crippen LogP contribution in [0.25, 0.3) is 6.08 Å². The zero-order chi connectivity index (χ0) is 20.0. The van der Waals surface area contributed by atoms with Gasteiger partial charge in [-0.3, -0.25) is 9.79 Å². The average molecular weight is 389 g/mol. The van der Waals surface area contributed by atoms with Gasteiger partial charge in [0.2, 0.25) is 0 Å². The van der Waals surface area contributed by atoms with Crippen molar-refractivity contribution < 1.29 is 19.4 Å². The fraction of sp³-hybridized carbons (Fsp3) is 0.458. The van der Waals surface area contributed by atoms with Crippen LogP contribution >= 0.6 is 0 Å². The molecule has 4 unspecified atom stereocenters. The SMILES string of the molecule is CC[C@@]1(O)C(=O)OCC2=C1C=C1CC3(CC4C=c5ccccc5=NC14)CC3C2=O. The van der Waals surface area contributed by atoms with E-state index in [0.717, 1.165) is 35.4 Å². The van der Waals surface area contributed by atoms with Gasteiger partial charge in [-0.05, 0) is 48.0 Å². The normalized spacial score (nSPS) is 39.2. The Kier molecular flexibility index (Phi) is 3.31. The maximum atomic E-state index is 13.3. The Hall–Kier alpha value is -2.53. The molecular formula is C24H23NO4. The summed E-state index contributed by atoms with van der Waals surface area (Å²) < 4.78 is 5.23. The molecule has 0 saturated heterocycles. The second kappa shape index (κ2) is 5.54. The fourth-order valence-electron chi connectivity index (χ4n) is 6.01. The molecule has 2 fully saturated rings. The standard InChI is InChI=1S/C24H23NO4/c1-2-24(28)17-8-15-10-23(11-18(23)21(26)16(17)12-29-22(24)27)9-14-7-13-5-3-4-6-19(13)25-20(14)15/h3-8,14,18,20,28H,2,9-12H2,1H3/t14?,18?,20?,23?,24-/m0/s1. The van der Waals surface area contributed by atoms with E-state index < -0.39 is 11.6 Å². The molecule has 1 spiro atoms. The largest absolute Gasteiger partial charge is 0.458 e. The molecular weight excluding hydrogens is 366 g/mol. The van der Waals surface area contributed by atoms with E-state index in [1.165, 1.54) is 0 Å². The van der Waals surface area contributed by atoms with E-state index in [-0.39, 0.29) is 42.1 Å². The Morgan fingerprint density at radius 1 is 1.24 bits per heavy atom. The van der Waals surface area contributed by atoms with E-state index in [0.29, 0.717) is 11.1 Å². The minimum absolute atomic E-state index is 0.00206. The highest BCUT2D eigenvalue weighted by Gasteiger charge is 2.63. The third-order valence-corrected chi connectivity index (χ3v) is 7.69. The number of nitrogens with zero attached hydrogens (tertiary/aromatic N) is 1. The number of carbonyl (C=O) groups excluding carboxylic acids is 2. The lowest BCUT2D eigenvalue weighted by Gasteiger charge is -2.40. The molecule has 0 radical (unpaired) electrons. The lowest BCUT2D eigenvalue weighted by Crippen LogP contribution is -2.48. The number of Topliss-reactive ketones (excluding diaryl/α,β-unsaturated/α-hetero) is 1. The van der Waals surface area contributed by atoms with Gasteiger partial charge >= 0.3 is 5.97 Å². The number of esters is 1. The van der Waals surface area contributed by atoms with Crippen LogP contribution in [0, 0.1) is 17.3 Å². The summed E-state index contributed by atoms with van der Waals surface area (Å²) in [6.07, 6.45) is 7.06. The van der Waals surface area contributed by atoms with Crippen molar-refractivity contribution in [3.63, 3.8) is 0 Å². The van der Waals surface area contributed by atoms with Gasteiger partial charge in [0.15, 0.2) is 11.4 Å². The van der Waals surface area contributed by atoms with Gasteiger partial charge in [0.25, 0.3) is 0 Å². The highest BCUT2D eigenvalue weighted by molar-refractivity contribution is 6.04. The van der Waals surface area contributed by atoms with Gasteiger partial charge in [-0.25, -0.2) is 4.79 Å². The lowest BCUT2D eigenvalue weighted by atomic mass is 9.67. The summed E-state index contributed by atoms with van der Waals surface area (Å²) in [4.78, 5) is 30.8. The van der Waals surface area contributed by atoms with Crippen LogP contribution in [0.15, 0.2) is 52.1 Å². The molecule has 5 aliphatic rings. The zero-order valence-corrected chi connectivity index (χ0v) is 16.4. The first kappa shape index (κ1) is 17.3. The molecule has 2 bridgehead atoms. The minimum atomic E-state index is -1.76. The molecule has 5 heteroatoms. The summed E-state index contributed by atoms with van der Waals surface area (Å²) in [7, 11) is 0. The van der Waals surface area contributed by atoms with Gasteiger partial charge in [-0.1, -0.05) is 37.3 Å². The zero-order valence-electron chi connectivity index (χ0n) is 16.4. The van der Waals surface area contributed by atoms with E-state index in [9.17, 15) is 14.7 Å². The number of rotatable bonds is 1. The second-order valence-corrected chi connectivity index (χ2v) is 9.23. The number of ether oxygens (including phenoxy) is 1. The van der Waals surface area contributed by atoms with Crippen molar-refractivity contribution >= 4 is 17.8 Å². The van der Waals surface area contributed by atoms with Gasteiger partial charge in [0.1, 0.15) is 6.61 Å². The van der Waals surface area contributed by atoms with Crippen LogP contribution in [-0.2, 0) is 14.3 Å². The van der Waals surface area contributed by atoms with Crippen LogP contribution in [0.5, 0.6) is 0 Å². The number of ketones is 1. The van der Waals surface area contributed by atoms with Crippen molar-refractivity contribution in [2.24, 2.45) is 22.2 Å². The average Bonchev–Trinajstić information content (AvgIpc) is 3.41. The van der Waals surface area contributed by atoms with E-state index in [2.05, 4.69) is 12.1 Å². The number of benzene rings is 1. The smallest absolute Gasteiger partial charge is 0.343 e. The third kappa shape index (κ3) is 2.22. The Morgan fingerprint density at radius 3 is 2.90 bits per heavy atom. The topological polar surface area (TPSA) is 76.0 Å². The summed E-state index contributed by atoms with van der Waals surface area (Å²) in [5.41, 5.74) is 0.306. The van der Waals surface area contributed by atoms with Crippen molar-refractivity contribution in [2.75, 3.05) is 6.61 Å². The second-order valence-electron chi connectivity index (χ2n) is 9.23. The van der Waals surface area contributed by atoms with E-state index >= 15 is 0 Å². The van der Waals surface area contributed by atoms with Crippen LogP contribution in [0.3, 0.4) is 0 Å². The highest BCUT2D eigenvalue weighted by Crippen LogP contribution is 2.66. The molecule has 148 valence electrons. The van der Waals surface area contributed by atoms with Crippen LogP contribution < -0.4 is 10.6 Å². The number of fused-ring (bicyclic) bond motifs is 4. The molecule has 3 aliphatic carbocycles. The molecule has 1 aromatic carbocycles. The molecule has 1 aromatic rings. The maximum absolute atomic E-state index is 13.3. The van der Waals surface area contributed by atoms with E-state index in [1.807, 2.05) is 24.3 Å². The van der Waals surface area contributed by atoms with Crippen LogP contribution in [0.1, 0.15) is 32.6 Å². The van der Waals surface area contributed by atoms with Gasteiger partial charge < -0.3 is 9.84 Å². The number of para-hydroxylation sites is 1. The summed E-state index contributed by atoms with van der Waals surface area (Å²) in [5.74, 6) is -0.395. The van der Waals surface area contributed by atoms with Crippen molar-refractivity contribution in [1.82, 2.24) is 0 Å². The fourth-order valence-corrected chi connectivity index (χ4v) is 6.01. The van der Waals surface area contributed by atoms with Crippen molar-refractivity contribution in [1.29, 1.82) is 0 Å². The third-order valence-electron chi connectivity index (χ3n) is 7.69. The quantitative estimate of drug-likeness (QED) is 0.737. The molecule has 29 heavy (non-hydrogen) atoms. The first-order valence-corrected chi connectivity index (χ1v) is 10.5. The molecule has 5 nitrogen and oxygen atoms in total. The highest BCUT2D eigenvalue weighted by atomic mass is 16.6. The van der Waals surface area contributed by atoms with E-state index in [1.54, 1.807) is 6.92 Å². The Morgan fingerprint density at radius 2 is 2.07 bits per heavy atom. The summed E-state index contributed by atoms with van der Waals surface area (Å²) in [5, 5.41) is 13.3. The monoisotopic (exact) mass is 389 g/mol. The summed E-state index contributed by atoms with van der Waals surface area (Å²) >= 11 is 0. The molecule has 2 aliphatic heterocycles. The van der Waals surface area contributed by atoms with Crippen molar-refractivity contribution in [2.45, 2.75) is 44.2 Å². The molecule has 0 amide bonds. The molecule has 5 atom stereocenters. The predicted octanol–water partition coefficient (Wildman–Crippen LogP) is 1.39. The van der Waals surface area contributed by atoms with Gasteiger partial charge in [0, 0.05) is 23.0 Å². The Balaban J connectivity index is 1.58. The number of cyclic esters (lactones) is 1. The van der Waals surface area contributed by atoms with Gasteiger partial charge in [0.05, 0.1) is 11.4 Å². The molecule has 0 aromatic heterocycles. The van der Waals surface area contributed by atoms with Crippen molar-refractivity contribution in [3.05, 3.63) is 57.6 Å². The Labute approximate surface area is 168 Å². The Bertz CT molecular complexity index is 1160. The molecule has 2 heterocycles. The first-order valence-electron chi connectivity index (χ1n) is 10.5. The first-order chi connectivity index (χ1) is 13.9. The van der Waals surface area contributed by atoms with Crippen LogP contribution in [-0.4, -0.2) is 35.1 Å². The van der Waals surface area contributed by atoms with Crippen molar-refractivity contribution in [3.8, 4) is 0 Å². The maximum Gasteiger partial charge on any atom is 0.343 e. The van der Waals surface area contributed by atoms with Crippen LogP contribution in [0.2, 0.25) is 0 Å². The number of hydrogen-bond donors (Lipinski definition) is 1. The van der Waals surface area contributed by atoms with Gasteiger partial charge in [-0.15, -0.1) is 0 Å². The van der Waals surface area contributed by atoms with Gasteiger partial charge in [-0.2, -0.15) is 0 Å². The number of hydrogen-bond acceptors (Lipinski definition) is 5. The molecule has 1 N–H and O–H groups in total. The van der Waals surface area contributed by atoms with E-state index in [4.69, 9.17) is 9.73 Å².